The van der Waals surface area contributed by atoms with Gasteiger partial charge in [-0.2, -0.15) is 0 Å². The fourth-order valence-electron chi connectivity index (χ4n) is 1.80. The van der Waals surface area contributed by atoms with Crippen molar-refractivity contribution in [2.24, 2.45) is 0 Å². The molecule has 4 heteroatoms. The van der Waals surface area contributed by atoms with Crippen molar-refractivity contribution in [2.75, 3.05) is 0 Å². The molecule has 0 spiro atoms. The maximum atomic E-state index is 5.30. The third kappa shape index (κ3) is 1.25. The van der Waals surface area contributed by atoms with Gasteiger partial charge in [-0.15, -0.1) is 0 Å². The molecule has 1 aliphatic carbocycles. The number of hydrogen-bond donors (Lipinski definition) is 1. The Morgan fingerprint density at radius 1 is 1.43 bits per heavy atom. The van der Waals surface area contributed by atoms with Gasteiger partial charge in [0.05, 0.1) is 11.0 Å². The van der Waals surface area contributed by atoms with Gasteiger partial charge in [0.1, 0.15) is 0 Å². The summed E-state index contributed by atoms with van der Waals surface area (Å²) < 4.78 is 4.17. The van der Waals surface area contributed by atoms with E-state index in [9.17, 15) is 0 Å². The molecule has 0 atom stereocenters. The molecule has 0 aliphatic heterocycles. The van der Waals surface area contributed by atoms with Crippen LogP contribution in [0.3, 0.4) is 0 Å². The van der Waals surface area contributed by atoms with E-state index in [0.29, 0.717) is 6.04 Å². The zero-order valence-corrected chi connectivity index (χ0v) is 9.86. The predicted octanol–water partition coefficient (Wildman–Crippen LogP) is 3.80. The highest BCUT2D eigenvalue weighted by Gasteiger charge is 2.25. The summed E-state index contributed by atoms with van der Waals surface area (Å²) in [5, 5.41) is 0. The lowest BCUT2D eigenvalue weighted by atomic mass is 10.3. The molecule has 1 aliphatic rings. The molecule has 0 amide bonds. The Hall–Kier alpha value is -0.610. The highest BCUT2D eigenvalue weighted by Crippen LogP contribution is 2.37. The van der Waals surface area contributed by atoms with E-state index < -0.39 is 0 Å². The van der Waals surface area contributed by atoms with Crippen molar-refractivity contribution in [1.82, 2.24) is 9.55 Å². The smallest absolute Gasteiger partial charge is 0.178 e. The Kier molecular flexibility index (Phi) is 1.82. The van der Waals surface area contributed by atoms with Crippen LogP contribution in [0, 0.1) is 4.77 Å². The summed E-state index contributed by atoms with van der Waals surface area (Å²) in [4.78, 5) is 3.24. The highest BCUT2D eigenvalue weighted by atomic mass is 79.9. The third-order valence-corrected chi connectivity index (χ3v) is 3.38. The standard InChI is InChI=1S/C10H9BrN2S/c11-6-1-4-9-8(5-6)12-10(14)13(9)7-2-3-7/h1,4-5,7H,2-3H2,(H,12,14). The number of aromatic nitrogens is 2. The van der Waals surface area contributed by atoms with E-state index in [0.717, 1.165) is 14.8 Å². The van der Waals surface area contributed by atoms with Gasteiger partial charge in [0, 0.05) is 10.5 Å². The van der Waals surface area contributed by atoms with Crippen molar-refractivity contribution in [3.8, 4) is 0 Å². The molecule has 1 fully saturated rings. The van der Waals surface area contributed by atoms with Crippen LogP contribution in [0.4, 0.5) is 0 Å². The van der Waals surface area contributed by atoms with E-state index >= 15 is 0 Å². The topological polar surface area (TPSA) is 20.7 Å². The van der Waals surface area contributed by atoms with Crippen LogP contribution < -0.4 is 0 Å². The van der Waals surface area contributed by atoms with Gasteiger partial charge in [0.15, 0.2) is 4.77 Å². The largest absolute Gasteiger partial charge is 0.331 e. The molecule has 0 bridgehead atoms. The summed E-state index contributed by atoms with van der Waals surface area (Å²) in [6.07, 6.45) is 2.52. The molecule has 1 aromatic heterocycles. The van der Waals surface area contributed by atoms with Crippen LogP contribution in [-0.4, -0.2) is 9.55 Å². The quantitative estimate of drug-likeness (QED) is 0.781. The van der Waals surface area contributed by atoms with Crippen LogP contribution >= 0.6 is 28.1 Å². The normalized spacial score (nSPS) is 16.4. The van der Waals surface area contributed by atoms with Gasteiger partial charge in [-0.3, -0.25) is 0 Å². The summed E-state index contributed by atoms with van der Waals surface area (Å²) in [7, 11) is 0. The molecule has 14 heavy (non-hydrogen) atoms. The predicted molar refractivity (Wildman–Crippen MR) is 63.1 cm³/mol. The van der Waals surface area contributed by atoms with E-state index in [4.69, 9.17) is 12.2 Å². The molecule has 1 heterocycles. The first-order chi connectivity index (χ1) is 6.75. The summed E-state index contributed by atoms with van der Waals surface area (Å²) in [5.74, 6) is 0. The number of rotatable bonds is 1. The van der Waals surface area contributed by atoms with Crippen molar-refractivity contribution >= 4 is 39.2 Å². The molecule has 72 valence electrons. The number of H-pyrrole nitrogens is 1. The second-order valence-electron chi connectivity index (χ2n) is 3.69. The van der Waals surface area contributed by atoms with Crippen molar-refractivity contribution in [3.63, 3.8) is 0 Å². The van der Waals surface area contributed by atoms with Gasteiger partial charge in [-0.05, 0) is 43.3 Å². The summed E-state index contributed by atoms with van der Waals surface area (Å²) in [6.45, 7) is 0. The number of aromatic amines is 1. The maximum absolute atomic E-state index is 5.30. The van der Waals surface area contributed by atoms with Crippen LogP contribution in [0.5, 0.6) is 0 Å². The zero-order chi connectivity index (χ0) is 9.71. The number of nitrogens with zero attached hydrogens (tertiary/aromatic N) is 1. The number of imidazole rings is 1. The minimum Gasteiger partial charge on any atom is -0.331 e. The number of hydrogen-bond acceptors (Lipinski definition) is 1. The van der Waals surface area contributed by atoms with Gasteiger partial charge >= 0.3 is 0 Å². The molecule has 0 unspecified atom stereocenters. The number of nitrogens with one attached hydrogen (secondary N) is 1. The van der Waals surface area contributed by atoms with E-state index in [1.54, 1.807) is 0 Å². The summed E-state index contributed by atoms with van der Waals surface area (Å²) in [5.41, 5.74) is 2.34. The molecule has 0 saturated heterocycles. The molecule has 1 aromatic carbocycles. The van der Waals surface area contributed by atoms with E-state index in [-0.39, 0.29) is 0 Å². The minimum atomic E-state index is 0.637. The molecule has 0 radical (unpaired) electrons. The molecule has 2 nitrogen and oxygen atoms in total. The molecule has 3 rings (SSSR count). The summed E-state index contributed by atoms with van der Waals surface area (Å²) >= 11 is 8.76. The second-order valence-corrected chi connectivity index (χ2v) is 5.00. The molecule has 1 N–H and O–H groups in total. The maximum Gasteiger partial charge on any atom is 0.178 e. The second kappa shape index (κ2) is 2.94. The van der Waals surface area contributed by atoms with E-state index in [1.807, 2.05) is 0 Å². The van der Waals surface area contributed by atoms with Crippen LogP contribution in [0.25, 0.3) is 11.0 Å². The number of fused-ring (bicyclic) bond motifs is 1. The Labute approximate surface area is 95.1 Å². The number of halogens is 1. The monoisotopic (exact) mass is 268 g/mol. The van der Waals surface area contributed by atoms with Gasteiger partial charge in [0.25, 0.3) is 0 Å². The summed E-state index contributed by atoms with van der Waals surface area (Å²) in [6, 6.07) is 6.88. The van der Waals surface area contributed by atoms with Crippen molar-refractivity contribution in [3.05, 3.63) is 27.4 Å². The Morgan fingerprint density at radius 2 is 2.21 bits per heavy atom. The molecular weight excluding hydrogens is 260 g/mol. The molecule has 2 aromatic rings. The molecular formula is C10H9BrN2S. The Balaban J connectivity index is 2.37. The van der Waals surface area contributed by atoms with Crippen molar-refractivity contribution in [2.45, 2.75) is 18.9 Å². The lowest BCUT2D eigenvalue weighted by Crippen LogP contribution is -1.92. The van der Waals surface area contributed by atoms with Crippen molar-refractivity contribution < 1.29 is 0 Å². The minimum absolute atomic E-state index is 0.637. The Bertz CT molecular complexity index is 551. The lowest BCUT2D eigenvalue weighted by molar-refractivity contribution is 0.753. The fraction of sp³-hybridized carbons (Fsp3) is 0.300. The lowest BCUT2D eigenvalue weighted by Gasteiger charge is -2.00. The Morgan fingerprint density at radius 3 is 2.93 bits per heavy atom. The SMILES string of the molecule is S=c1[nH]c2cc(Br)ccc2n1C1CC1. The first kappa shape index (κ1) is 8.68. The van der Waals surface area contributed by atoms with Crippen LogP contribution in [0.15, 0.2) is 22.7 Å². The zero-order valence-electron chi connectivity index (χ0n) is 7.46. The van der Waals surface area contributed by atoms with Crippen LogP contribution in [0.2, 0.25) is 0 Å². The first-order valence-electron chi connectivity index (χ1n) is 4.65. The van der Waals surface area contributed by atoms with E-state index in [2.05, 4.69) is 43.7 Å². The van der Waals surface area contributed by atoms with E-state index in [1.165, 1.54) is 18.4 Å². The fourth-order valence-corrected chi connectivity index (χ4v) is 2.52. The first-order valence-corrected chi connectivity index (χ1v) is 5.85. The van der Waals surface area contributed by atoms with Gasteiger partial charge in [-0.25, -0.2) is 0 Å². The van der Waals surface area contributed by atoms with Crippen LogP contribution in [-0.2, 0) is 0 Å². The third-order valence-electron chi connectivity index (χ3n) is 2.59. The van der Waals surface area contributed by atoms with Gasteiger partial charge < -0.3 is 9.55 Å². The number of benzene rings is 1. The van der Waals surface area contributed by atoms with Gasteiger partial charge in [0.2, 0.25) is 0 Å². The molecule has 1 saturated carbocycles. The van der Waals surface area contributed by atoms with Gasteiger partial charge in [-0.1, -0.05) is 15.9 Å². The highest BCUT2D eigenvalue weighted by molar-refractivity contribution is 9.10. The average Bonchev–Trinajstić information content (AvgIpc) is 2.89. The average molecular weight is 269 g/mol. The van der Waals surface area contributed by atoms with Crippen molar-refractivity contribution in [1.29, 1.82) is 0 Å². The van der Waals surface area contributed by atoms with Crippen LogP contribution in [0.1, 0.15) is 18.9 Å².